The van der Waals surface area contributed by atoms with Gasteiger partial charge in [0.1, 0.15) is 5.82 Å². The topological polar surface area (TPSA) is 152 Å². The van der Waals surface area contributed by atoms with Crippen molar-refractivity contribution in [1.82, 2.24) is 15.2 Å². The number of nitrogens with one attached hydrogen (secondary N) is 3. The quantitative estimate of drug-likeness (QED) is 0.303. The number of hydrogen-bond donors (Lipinski definition) is 5. The fourth-order valence-corrected chi connectivity index (χ4v) is 4.92. The van der Waals surface area contributed by atoms with Crippen molar-refractivity contribution >= 4 is 40.6 Å². The summed E-state index contributed by atoms with van der Waals surface area (Å²) in [6.07, 6.45) is 1.72. The van der Waals surface area contributed by atoms with Crippen LogP contribution in [0.3, 0.4) is 0 Å². The van der Waals surface area contributed by atoms with Crippen molar-refractivity contribution in [3.63, 3.8) is 0 Å². The van der Waals surface area contributed by atoms with Gasteiger partial charge in [-0.25, -0.2) is 4.39 Å². The van der Waals surface area contributed by atoms with Gasteiger partial charge in [0.2, 0.25) is 0 Å². The van der Waals surface area contributed by atoms with Gasteiger partial charge in [-0.2, -0.15) is 0 Å². The Bertz CT molecular complexity index is 1280. The number of carbonyl (C=O) groups is 4. The summed E-state index contributed by atoms with van der Waals surface area (Å²) in [6, 6.07) is 4.34. The van der Waals surface area contributed by atoms with E-state index in [9.17, 15) is 23.6 Å². The summed E-state index contributed by atoms with van der Waals surface area (Å²) >= 11 is 0. The maximum Gasteiger partial charge on any atom is 0.303 e. The van der Waals surface area contributed by atoms with E-state index in [1.54, 1.807) is 6.07 Å². The standard InChI is InChI=1S/C24H29FN4O2.C4H6O4/c1-4-29(5-2)12-11-26-23(30)20-14(3)27-22-16(20)7-6-8-17(22)21-18-13-15(25)9-10-19(18)28-24(21)31;5-3(6)1-2-4(7)8/h9-10,13,27H,4-8,11-12H2,1-3H3,(H,26,30)(H,28,31);1-2H2,(H,5,6)(H,7,8). The minimum absolute atomic E-state index is 0.0873. The molecule has 1 aromatic heterocycles. The van der Waals surface area contributed by atoms with Crippen LogP contribution in [0.4, 0.5) is 10.1 Å². The van der Waals surface area contributed by atoms with Crippen molar-refractivity contribution in [3.8, 4) is 0 Å². The lowest BCUT2D eigenvalue weighted by Crippen LogP contribution is -2.35. The number of carbonyl (C=O) groups excluding carboxylic acids is 2. The van der Waals surface area contributed by atoms with Crippen LogP contribution < -0.4 is 10.6 Å². The molecule has 39 heavy (non-hydrogen) atoms. The molecule has 0 saturated heterocycles. The van der Waals surface area contributed by atoms with Crippen LogP contribution in [0.15, 0.2) is 18.2 Å². The number of fused-ring (bicyclic) bond motifs is 2. The monoisotopic (exact) mass is 542 g/mol. The zero-order valence-electron chi connectivity index (χ0n) is 22.4. The maximum absolute atomic E-state index is 13.9. The number of hydrogen-bond acceptors (Lipinski definition) is 5. The first-order valence-electron chi connectivity index (χ1n) is 13.1. The van der Waals surface area contributed by atoms with Crippen molar-refractivity contribution in [2.45, 2.75) is 52.9 Å². The highest BCUT2D eigenvalue weighted by molar-refractivity contribution is 6.37. The van der Waals surface area contributed by atoms with Gasteiger partial charge in [-0.3, -0.25) is 19.2 Å². The molecule has 11 heteroatoms. The second-order valence-electron chi connectivity index (χ2n) is 9.40. The van der Waals surface area contributed by atoms with Gasteiger partial charge in [-0.15, -0.1) is 0 Å². The first-order chi connectivity index (χ1) is 18.6. The number of anilines is 1. The number of nitrogens with zero attached hydrogens (tertiary/aromatic N) is 1. The number of carboxylic acid groups (broad SMARTS) is 2. The van der Waals surface area contributed by atoms with Crippen molar-refractivity contribution in [2.24, 2.45) is 0 Å². The SMILES string of the molecule is CCN(CC)CCNC(=O)c1c(C)[nH]c2c1CCCC2=C1C(=O)Nc2ccc(F)cc21.O=C(O)CCC(=O)O. The van der Waals surface area contributed by atoms with Crippen LogP contribution in [0.5, 0.6) is 0 Å². The Hall–Kier alpha value is -3.99. The van der Waals surface area contributed by atoms with E-state index in [0.29, 0.717) is 35.4 Å². The van der Waals surface area contributed by atoms with E-state index in [-0.39, 0.29) is 30.5 Å². The van der Waals surface area contributed by atoms with Gasteiger partial charge in [0.15, 0.2) is 0 Å². The third-order valence-corrected chi connectivity index (χ3v) is 6.86. The molecule has 0 bridgehead atoms. The fraction of sp³-hybridized carbons (Fsp3) is 0.429. The third-order valence-electron chi connectivity index (χ3n) is 6.86. The number of aryl methyl sites for hydroxylation is 1. The fourth-order valence-electron chi connectivity index (χ4n) is 4.92. The van der Waals surface area contributed by atoms with Crippen molar-refractivity contribution in [2.75, 3.05) is 31.5 Å². The van der Waals surface area contributed by atoms with E-state index in [2.05, 4.69) is 34.4 Å². The van der Waals surface area contributed by atoms with E-state index in [4.69, 9.17) is 10.2 Å². The number of halogens is 1. The van der Waals surface area contributed by atoms with E-state index < -0.39 is 11.9 Å². The number of rotatable bonds is 9. The van der Waals surface area contributed by atoms with E-state index in [0.717, 1.165) is 55.0 Å². The smallest absolute Gasteiger partial charge is 0.303 e. The lowest BCUT2D eigenvalue weighted by Gasteiger charge is -2.19. The lowest BCUT2D eigenvalue weighted by molar-refractivity contribution is -0.143. The first-order valence-corrected chi connectivity index (χ1v) is 13.1. The Morgan fingerprint density at radius 2 is 1.74 bits per heavy atom. The molecule has 0 fully saturated rings. The second-order valence-corrected chi connectivity index (χ2v) is 9.40. The average molecular weight is 543 g/mol. The molecule has 2 amide bonds. The highest BCUT2D eigenvalue weighted by Crippen LogP contribution is 2.43. The molecule has 1 aliphatic carbocycles. The molecular formula is C28H35FN4O6. The number of aliphatic carboxylic acids is 2. The Kier molecular flexibility index (Phi) is 10.00. The predicted molar refractivity (Wildman–Crippen MR) is 145 cm³/mol. The predicted octanol–water partition coefficient (Wildman–Crippen LogP) is 3.67. The highest BCUT2D eigenvalue weighted by atomic mass is 19.1. The molecule has 0 radical (unpaired) electrons. The van der Waals surface area contributed by atoms with Crippen LogP contribution in [0, 0.1) is 12.7 Å². The van der Waals surface area contributed by atoms with Crippen LogP contribution in [0.2, 0.25) is 0 Å². The van der Waals surface area contributed by atoms with E-state index >= 15 is 0 Å². The van der Waals surface area contributed by atoms with Gasteiger partial charge in [-0.1, -0.05) is 13.8 Å². The summed E-state index contributed by atoms with van der Waals surface area (Å²) in [4.78, 5) is 50.6. The zero-order valence-corrected chi connectivity index (χ0v) is 22.4. The van der Waals surface area contributed by atoms with Crippen LogP contribution >= 0.6 is 0 Å². The molecule has 1 aromatic carbocycles. The van der Waals surface area contributed by atoms with Gasteiger partial charge in [0.25, 0.3) is 11.8 Å². The second kappa shape index (κ2) is 13.2. The Morgan fingerprint density at radius 1 is 1.08 bits per heavy atom. The molecule has 0 spiro atoms. The number of carboxylic acids is 2. The molecule has 0 saturated carbocycles. The molecule has 5 N–H and O–H groups in total. The summed E-state index contributed by atoms with van der Waals surface area (Å²) in [5.41, 5.74) is 5.82. The van der Waals surface area contributed by atoms with Gasteiger partial charge in [0.05, 0.1) is 24.0 Å². The minimum atomic E-state index is -1.08. The first kappa shape index (κ1) is 29.6. The number of aromatic nitrogens is 1. The average Bonchev–Trinajstić information content (AvgIpc) is 3.40. The molecule has 10 nitrogen and oxygen atoms in total. The lowest BCUT2D eigenvalue weighted by atomic mass is 9.86. The molecule has 1 aliphatic heterocycles. The summed E-state index contributed by atoms with van der Waals surface area (Å²) in [5.74, 6) is -2.84. The summed E-state index contributed by atoms with van der Waals surface area (Å²) in [7, 11) is 0. The summed E-state index contributed by atoms with van der Waals surface area (Å²) in [5, 5.41) is 21.7. The van der Waals surface area contributed by atoms with Crippen molar-refractivity contribution < 1.29 is 33.8 Å². The van der Waals surface area contributed by atoms with Gasteiger partial charge >= 0.3 is 11.9 Å². The molecule has 2 aliphatic rings. The van der Waals surface area contributed by atoms with Crippen molar-refractivity contribution in [1.29, 1.82) is 0 Å². The zero-order chi connectivity index (χ0) is 28.7. The van der Waals surface area contributed by atoms with Crippen LogP contribution in [0.1, 0.15) is 72.4 Å². The van der Waals surface area contributed by atoms with Crippen molar-refractivity contribution in [3.05, 3.63) is 52.1 Å². The Morgan fingerprint density at radius 3 is 2.36 bits per heavy atom. The maximum atomic E-state index is 13.9. The normalized spacial score (nSPS) is 15.7. The number of aromatic amines is 1. The molecule has 210 valence electrons. The van der Waals surface area contributed by atoms with Crippen LogP contribution in [-0.2, 0) is 20.8 Å². The third kappa shape index (κ3) is 7.11. The van der Waals surface area contributed by atoms with E-state index in [1.807, 2.05) is 6.92 Å². The summed E-state index contributed by atoms with van der Waals surface area (Å²) in [6.45, 7) is 9.40. The molecule has 4 rings (SSSR count). The number of benzene rings is 1. The number of H-pyrrole nitrogens is 1. The van der Waals surface area contributed by atoms with Gasteiger partial charge in [-0.05, 0) is 68.6 Å². The minimum Gasteiger partial charge on any atom is -0.481 e. The number of allylic oxidation sites excluding steroid dienone is 1. The number of likely N-dealkylation sites (N-methyl/N-ethyl adjacent to an activating group) is 1. The Labute approximate surface area is 226 Å². The van der Waals surface area contributed by atoms with Crippen LogP contribution in [0.25, 0.3) is 11.1 Å². The molecule has 2 heterocycles. The molecular weight excluding hydrogens is 507 g/mol. The summed E-state index contributed by atoms with van der Waals surface area (Å²) < 4.78 is 13.9. The van der Waals surface area contributed by atoms with Gasteiger partial charge < -0.3 is 30.7 Å². The van der Waals surface area contributed by atoms with E-state index in [1.165, 1.54) is 12.1 Å². The molecule has 2 aromatic rings. The molecule has 0 atom stereocenters. The van der Waals surface area contributed by atoms with Gasteiger partial charge in [0, 0.05) is 35.7 Å². The number of amides is 2. The largest absolute Gasteiger partial charge is 0.481 e. The highest BCUT2D eigenvalue weighted by Gasteiger charge is 2.33. The Balaban J connectivity index is 0.000000459. The molecule has 0 unspecified atom stereocenters. The van der Waals surface area contributed by atoms with Crippen LogP contribution in [-0.4, -0.2) is 70.0 Å².